The zero-order chi connectivity index (χ0) is 28.8. The van der Waals surface area contributed by atoms with Crippen molar-refractivity contribution in [3.05, 3.63) is 106 Å². The quantitative estimate of drug-likeness (QED) is 0.109. The number of benzene rings is 3. The van der Waals surface area contributed by atoms with E-state index in [0.717, 1.165) is 62.5 Å². The Hall–Kier alpha value is -3.52. The highest BCUT2D eigenvalue weighted by Crippen LogP contribution is 2.36. The molecule has 5 aromatic rings. The van der Waals surface area contributed by atoms with E-state index >= 15 is 0 Å². The minimum atomic E-state index is -0.419. The summed E-state index contributed by atoms with van der Waals surface area (Å²) in [6.07, 6.45) is 1.71. The van der Waals surface area contributed by atoms with Crippen LogP contribution in [-0.4, -0.2) is 22.7 Å². The van der Waals surface area contributed by atoms with Gasteiger partial charge in [-0.15, -0.1) is 11.8 Å². The van der Waals surface area contributed by atoms with Gasteiger partial charge in [0.1, 0.15) is 29.5 Å². The number of ether oxygens (including phenoxy) is 2. The molecular formula is C32H28Cl2N2O4S. The van der Waals surface area contributed by atoms with Gasteiger partial charge in [0, 0.05) is 22.5 Å². The van der Waals surface area contributed by atoms with Crippen LogP contribution in [0.4, 0.5) is 0 Å². The molecule has 0 aliphatic rings. The van der Waals surface area contributed by atoms with Crippen molar-refractivity contribution in [2.24, 2.45) is 0 Å². The van der Waals surface area contributed by atoms with Gasteiger partial charge in [0.2, 0.25) is 0 Å². The average molecular weight is 608 g/mol. The highest BCUT2D eigenvalue weighted by Gasteiger charge is 2.18. The molecule has 0 aliphatic heterocycles. The highest BCUT2D eigenvalue weighted by molar-refractivity contribution is 7.98. The first-order chi connectivity index (χ1) is 20.0. The van der Waals surface area contributed by atoms with Gasteiger partial charge in [-0.05, 0) is 66.9 Å². The Kier molecular flexibility index (Phi) is 9.49. The van der Waals surface area contributed by atoms with Gasteiger partial charge < -0.3 is 14.0 Å². The third kappa shape index (κ3) is 6.87. The number of halogens is 2. The van der Waals surface area contributed by atoms with Crippen LogP contribution in [0, 0.1) is 0 Å². The molecule has 210 valence electrons. The van der Waals surface area contributed by atoms with Crippen LogP contribution >= 0.6 is 35.0 Å². The van der Waals surface area contributed by atoms with E-state index in [1.54, 1.807) is 13.0 Å². The molecule has 0 saturated carbocycles. The fourth-order valence-electron chi connectivity index (χ4n) is 4.37. The number of hydrogen-bond acceptors (Lipinski definition) is 7. The summed E-state index contributed by atoms with van der Waals surface area (Å²) in [5.74, 6) is 1.72. The standard InChI is InChI=1S/C32H28Cl2N2O4S/c1-3-6-30-24(29(36-40-30)19-41-31-25(33)7-5-8-26(31)34)18-39-23-13-9-20(10-14-23)21-11-15-27-22(17-21)12-16-28(35-27)32(37)38-4-2/h5,7-17H,3-4,6,18-19H2,1-2H3. The van der Waals surface area contributed by atoms with E-state index in [4.69, 9.17) is 37.2 Å². The maximum Gasteiger partial charge on any atom is 0.356 e. The van der Waals surface area contributed by atoms with E-state index in [9.17, 15) is 4.79 Å². The number of pyridine rings is 1. The molecule has 9 heteroatoms. The third-order valence-corrected chi connectivity index (χ3v) is 8.45. The number of hydrogen-bond donors (Lipinski definition) is 0. The summed E-state index contributed by atoms with van der Waals surface area (Å²) in [6, 6.07) is 23.0. The van der Waals surface area contributed by atoms with Gasteiger partial charge in [-0.3, -0.25) is 0 Å². The minimum absolute atomic E-state index is 0.304. The van der Waals surface area contributed by atoms with Gasteiger partial charge >= 0.3 is 5.97 Å². The largest absolute Gasteiger partial charge is 0.489 e. The normalized spacial score (nSPS) is 11.1. The molecule has 6 nitrogen and oxygen atoms in total. The molecule has 5 rings (SSSR count). The van der Waals surface area contributed by atoms with Gasteiger partial charge in [-0.1, -0.05) is 65.6 Å². The number of nitrogens with zero attached hydrogens (tertiary/aromatic N) is 2. The second-order valence-corrected chi connectivity index (χ2v) is 11.1. The van der Waals surface area contributed by atoms with E-state index in [1.807, 2.05) is 60.7 Å². The molecule has 0 unspecified atom stereocenters. The molecule has 0 aliphatic carbocycles. The molecule has 0 N–H and O–H groups in total. The molecule has 0 radical (unpaired) electrons. The Balaban J connectivity index is 1.28. The van der Waals surface area contributed by atoms with Gasteiger partial charge in [0.15, 0.2) is 0 Å². The van der Waals surface area contributed by atoms with E-state index < -0.39 is 5.97 Å². The fourth-order valence-corrected chi connectivity index (χ4v) is 6.01. The molecule has 0 bridgehead atoms. The smallest absolute Gasteiger partial charge is 0.356 e. The van der Waals surface area contributed by atoms with Crippen molar-refractivity contribution >= 4 is 51.8 Å². The Morgan fingerprint density at radius 1 is 0.951 bits per heavy atom. The number of rotatable bonds is 11. The van der Waals surface area contributed by atoms with Crippen LogP contribution < -0.4 is 4.74 Å². The summed E-state index contributed by atoms with van der Waals surface area (Å²) in [6.45, 7) is 4.53. The highest BCUT2D eigenvalue weighted by atomic mass is 35.5. The lowest BCUT2D eigenvalue weighted by atomic mass is 10.0. The van der Waals surface area contributed by atoms with Crippen LogP contribution in [0.5, 0.6) is 5.75 Å². The zero-order valence-electron chi connectivity index (χ0n) is 22.7. The molecule has 0 saturated heterocycles. The van der Waals surface area contributed by atoms with Crippen LogP contribution in [0.25, 0.3) is 22.0 Å². The maximum atomic E-state index is 12.0. The minimum Gasteiger partial charge on any atom is -0.489 e. The Morgan fingerprint density at radius 3 is 2.44 bits per heavy atom. The third-order valence-electron chi connectivity index (χ3n) is 6.44. The summed E-state index contributed by atoms with van der Waals surface area (Å²) >= 11 is 14.2. The summed E-state index contributed by atoms with van der Waals surface area (Å²) < 4.78 is 16.9. The van der Waals surface area contributed by atoms with Crippen LogP contribution in [0.2, 0.25) is 10.0 Å². The SMILES string of the molecule is CCCc1onc(CSc2c(Cl)cccc2Cl)c1COc1ccc(-c2ccc3nc(C(=O)OCC)ccc3c2)cc1. The van der Waals surface area contributed by atoms with Crippen molar-refractivity contribution in [2.45, 2.75) is 43.9 Å². The van der Waals surface area contributed by atoms with Crippen LogP contribution in [0.3, 0.4) is 0 Å². The summed E-state index contributed by atoms with van der Waals surface area (Å²) in [7, 11) is 0. The molecule has 41 heavy (non-hydrogen) atoms. The molecule has 2 aromatic heterocycles. The number of carbonyl (C=O) groups is 1. The first-order valence-electron chi connectivity index (χ1n) is 13.3. The molecular weight excluding hydrogens is 579 g/mol. The lowest BCUT2D eigenvalue weighted by Crippen LogP contribution is -2.06. The second-order valence-electron chi connectivity index (χ2n) is 9.26. The topological polar surface area (TPSA) is 74.5 Å². The Labute approximate surface area is 253 Å². The number of aryl methyl sites for hydroxylation is 1. The van der Waals surface area contributed by atoms with Crippen molar-refractivity contribution in [3.63, 3.8) is 0 Å². The predicted octanol–water partition coefficient (Wildman–Crippen LogP) is 9.20. The van der Waals surface area contributed by atoms with Crippen molar-refractivity contribution in [3.8, 4) is 16.9 Å². The van der Waals surface area contributed by atoms with Gasteiger partial charge in [0.25, 0.3) is 0 Å². The van der Waals surface area contributed by atoms with Gasteiger partial charge in [0.05, 0.1) is 27.7 Å². The summed E-state index contributed by atoms with van der Waals surface area (Å²) in [4.78, 5) is 17.3. The van der Waals surface area contributed by atoms with Crippen molar-refractivity contribution < 1.29 is 18.8 Å². The molecule has 2 heterocycles. The van der Waals surface area contributed by atoms with E-state index in [1.165, 1.54) is 11.8 Å². The molecule has 0 atom stereocenters. The van der Waals surface area contributed by atoms with E-state index in [-0.39, 0.29) is 0 Å². The zero-order valence-corrected chi connectivity index (χ0v) is 25.0. The first-order valence-corrected chi connectivity index (χ1v) is 15.0. The summed E-state index contributed by atoms with van der Waals surface area (Å²) in [5.41, 5.74) is 4.90. The number of esters is 1. The fraction of sp³-hybridized carbons (Fsp3) is 0.219. The van der Waals surface area contributed by atoms with Crippen LogP contribution in [0.15, 0.2) is 82.2 Å². The Morgan fingerprint density at radius 2 is 1.71 bits per heavy atom. The van der Waals surface area contributed by atoms with Crippen molar-refractivity contribution in [2.75, 3.05) is 6.61 Å². The lowest BCUT2D eigenvalue weighted by molar-refractivity contribution is 0.0520. The number of aromatic nitrogens is 2. The maximum absolute atomic E-state index is 12.0. The molecule has 0 fully saturated rings. The van der Waals surface area contributed by atoms with Crippen molar-refractivity contribution in [1.82, 2.24) is 10.1 Å². The second kappa shape index (κ2) is 13.4. The molecule has 0 spiro atoms. The van der Waals surface area contributed by atoms with Gasteiger partial charge in [-0.2, -0.15) is 0 Å². The number of carbonyl (C=O) groups excluding carboxylic acids is 1. The van der Waals surface area contributed by atoms with E-state index in [2.05, 4.69) is 23.1 Å². The van der Waals surface area contributed by atoms with Crippen molar-refractivity contribution in [1.29, 1.82) is 0 Å². The molecule has 0 amide bonds. The average Bonchev–Trinajstić information content (AvgIpc) is 3.37. The van der Waals surface area contributed by atoms with Crippen LogP contribution in [0.1, 0.15) is 47.8 Å². The molecule has 3 aromatic carbocycles. The Bertz CT molecular complexity index is 1650. The first kappa shape index (κ1) is 29.0. The van der Waals surface area contributed by atoms with E-state index in [0.29, 0.717) is 34.7 Å². The number of fused-ring (bicyclic) bond motifs is 1. The number of thioether (sulfide) groups is 1. The predicted molar refractivity (Wildman–Crippen MR) is 164 cm³/mol. The summed E-state index contributed by atoms with van der Waals surface area (Å²) in [5, 5.41) is 6.50. The lowest BCUT2D eigenvalue weighted by Gasteiger charge is -2.10. The van der Waals surface area contributed by atoms with Crippen LogP contribution in [-0.2, 0) is 23.5 Å². The monoisotopic (exact) mass is 606 g/mol. The van der Waals surface area contributed by atoms with Gasteiger partial charge in [-0.25, -0.2) is 9.78 Å².